The van der Waals surface area contributed by atoms with Crippen molar-refractivity contribution >= 4 is 21.6 Å². The Balaban J connectivity index is 1.54. The first-order valence-corrected chi connectivity index (χ1v) is 8.95. The number of nitrogens with zero attached hydrogens (tertiary/aromatic N) is 2. The SMILES string of the molecule is O[C@@H](CN1CCC[C@H]1c1nc2ccccc2s1)c1ccccc1. The molecule has 0 aliphatic carbocycles. The maximum atomic E-state index is 10.5. The van der Waals surface area contributed by atoms with Gasteiger partial charge < -0.3 is 5.11 Å². The summed E-state index contributed by atoms with van der Waals surface area (Å²) in [5, 5.41) is 11.7. The van der Waals surface area contributed by atoms with Crippen LogP contribution in [0, 0.1) is 0 Å². The molecule has 0 amide bonds. The molecule has 2 atom stereocenters. The molecular formula is C19H20N2OS. The highest BCUT2D eigenvalue weighted by Gasteiger charge is 2.30. The van der Waals surface area contributed by atoms with Crippen LogP contribution in [-0.4, -0.2) is 28.1 Å². The van der Waals surface area contributed by atoms with Gasteiger partial charge >= 0.3 is 0 Å². The Labute approximate surface area is 140 Å². The lowest BCUT2D eigenvalue weighted by atomic mass is 10.1. The molecular weight excluding hydrogens is 304 g/mol. The molecule has 3 nitrogen and oxygen atoms in total. The molecule has 1 N–H and O–H groups in total. The molecule has 0 unspecified atom stereocenters. The fourth-order valence-electron chi connectivity index (χ4n) is 3.36. The van der Waals surface area contributed by atoms with E-state index in [0.717, 1.165) is 24.0 Å². The zero-order chi connectivity index (χ0) is 15.6. The summed E-state index contributed by atoms with van der Waals surface area (Å²) < 4.78 is 1.25. The molecule has 0 saturated carbocycles. The maximum absolute atomic E-state index is 10.5. The molecule has 3 aromatic rings. The Bertz CT molecular complexity index is 753. The number of para-hydroxylation sites is 1. The minimum absolute atomic E-state index is 0.339. The normalized spacial score (nSPS) is 20.1. The molecule has 0 bridgehead atoms. The standard InChI is InChI=1S/C19H20N2OS/c22-17(14-7-2-1-3-8-14)13-21-12-6-10-16(21)19-20-15-9-4-5-11-18(15)23-19/h1-5,7-9,11,16-17,22H,6,10,12-13H2/t16-,17-/m0/s1. The van der Waals surface area contributed by atoms with Crippen LogP contribution in [0.25, 0.3) is 10.2 Å². The number of rotatable bonds is 4. The summed E-state index contributed by atoms with van der Waals surface area (Å²) in [6.07, 6.45) is 1.86. The van der Waals surface area contributed by atoms with E-state index >= 15 is 0 Å². The summed E-state index contributed by atoms with van der Waals surface area (Å²) in [5.74, 6) is 0. The van der Waals surface area contributed by atoms with Gasteiger partial charge in [-0.25, -0.2) is 4.98 Å². The fraction of sp³-hybridized carbons (Fsp3) is 0.316. The lowest BCUT2D eigenvalue weighted by Crippen LogP contribution is -2.28. The average Bonchev–Trinajstić information content (AvgIpc) is 3.21. The molecule has 1 saturated heterocycles. The van der Waals surface area contributed by atoms with E-state index in [4.69, 9.17) is 4.98 Å². The Kier molecular flexibility index (Phi) is 4.12. The number of aliphatic hydroxyl groups is 1. The highest BCUT2D eigenvalue weighted by molar-refractivity contribution is 7.18. The second-order valence-electron chi connectivity index (χ2n) is 6.10. The van der Waals surface area contributed by atoms with Gasteiger partial charge in [-0.05, 0) is 37.1 Å². The lowest BCUT2D eigenvalue weighted by molar-refractivity contribution is 0.106. The van der Waals surface area contributed by atoms with Crippen molar-refractivity contribution < 1.29 is 5.11 Å². The van der Waals surface area contributed by atoms with Crippen molar-refractivity contribution in [3.05, 3.63) is 65.2 Å². The zero-order valence-corrected chi connectivity index (χ0v) is 13.7. The average molecular weight is 324 g/mol. The summed E-state index contributed by atoms with van der Waals surface area (Å²) in [5.41, 5.74) is 2.07. The minimum atomic E-state index is -0.439. The van der Waals surface area contributed by atoms with E-state index in [1.54, 1.807) is 11.3 Å². The molecule has 23 heavy (non-hydrogen) atoms. The van der Waals surface area contributed by atoms with E-state index in [-0.39, 0.29) is 0 Å². The minimum Gasteiger partial charge on any atom is -0.387 e. The first-order valence-electron chi connectivity index (χ1n) is 8.14. The molecule has 2 heterocycles. The van der Waals surface area contributed by atoms with Crippen LogP contribution in [0.3, 0.4) is 0 Å². The van der Waals surface area contributed by atoms with Gasteiger partial charge in [0.05, 0.1) is 22.4 Å². The quantitative estimate of drug-likeness (QED) is 0.782. The van der Waals surface area contributed by atoms with E-state index in [1.165, 1.54) is 16.1 Å². The summed E-state index contributed by atoms with van der Waals surface area (Å²) in [7, 11) is 0. The Morgan fingerprint density at radius 3 is 2.74 bits per heavy atom. The first-order chi connectivity index (χ1) is 11.3. The number of aromatic nitrogens is 1. The number of hydrogen-bond donors (Lipinski definition) is 1. The van der Waals surface area contributed by atoms with Gasteiger partial charge in [-0.15, -0.1) is 11.3 Å². The van der Waals surface area contributed by atoms with Gasteiger partial charge in [0.2, 0.25) is 0 Å². The molecule has 0 spiro atoms. The number of hydrogen-bond acceptors (Lipinski definition) is 4. The van der Waals surface area contributed by atoms with Crippen molar-refractivity contribution in [3.63, 3.8) is 0 Å². The van der Waals surface area contributed by atoms with E-state index in [0.29, 0.717) is 12.6 Å². The van der Waals surface area contributed by atoms with Crippen LogP contribution >= 0.6 is 11.3 Å². The third kappa shape index (κ3) is 3.02. The van der Waals surface area contributed by atoms with Crippen molar-refractivity contribution in [2.75, 3.05) is 13.1 Å². The van der Waals surface area contributed by atoms with Gasteiger partial charge in [0.25, 0.3) is 0 Å². The van der Waals surface area contributed by atoms with Crippen molar-refractivity contribution in [3.8, 4) is 0 Å². The van der Waals surface area contributed by atoms with Gasteiger partial charge in [-0.1, -0.05) is 42.5 Å². The van der Waals surface area contributed by atoms with Crippen molar-refractivity contribution in [1.82, 2.24) is 9.88 Å². The van der Waals surface area contributed by atoms with Crippen LogP contribution in [-0.2, 0) is 0 Å². The molecule has 4 rings (SSSR count). The highest BCUT2D eigenvalue weighted by atomic mass is 32.1. The predicted octanol–water partition coefficient (Wildman–Crippen LogP) is 4.17. The largest absolute Gasteiger partial charge is 0.387 e. The number of β-amino-alcohol motifs (C(OH)–C–C–N with tert-alkyl or cyclic N) is 1. The van der Waals surface area contributed by atoms with Crippen molar-refractivity contribution in [2.24, 2.45) is 0 Å². The van der Waals surface area contributed by atoms with E-state index in [9.17, 15) is 5.11 Å². The third-order valence-electron chi connectivity index (χ3n) is 4.55. The first kappa shape index (κ1) is 14.8. The Morgan fingerprint density at radius 1 is 1.13 bits per heavy atom. The lowest BCUT2D eigenvalue weighted by Gasteiger charge is -2.25. The molecule has 2 aromatic carbocycles. The van der Waals surface area contributed by atoms with Crippen LogP contribution in [0.4, 0.5) is 0 Å². The van der Waals surface area contributed by atoms with Gasteiger partial charge in [0.15, 0.2) is 0 Å². The molecule has 0 radical (unpaired) electrons. The van der Waals surface area contributed by atoms with Crippen LogP contribution in [0.1, 0.15) is 35.6 Å². The molecule has 4 heteroatoms. The van der Waals surface area contributed by atoms with Crippen molar-refractivity contribution in [1.29, 1.82) is 0 Å². The van der Waals surface area contributed by atoms with Crippen molar-refractivity contribution in [2.45, 2.75) is 25.0 Å². The topological polar surface area (TPSA) is 36.4 Å². The Morgan fingerprint density at radius 2 is 1.91 bits per heavy atom. The Hall–Kier alpha value is -1.75. The molecule has 118 valence electrons. The number of likely N-dealkylation sites (tertiary alicyclic amines) is 1. The van der Waals surface area contributed by atoms with Gasteiger partial charge in [-0.3, -0.25) is 4.90 Å². The summed E-state index contributed by atoms with van der Waals surface area (Å²) >= 11 is 1.79. The van der Waals surface area contributed by atoms with Crippen LogP contribution in [0.2, 0.25) is 0 Å². The fourth-order valence-corrected chi connectivity index (χ4v) is 4.50. The van der Waals surface area contributed by atoms with E-state index in [2.05, 4.69) is 23.1 Å². The van der Waals surface area contributed by atoms with Crippen LogP contribution < -0.4 is 0 Å². The third-order valence-corrected chi connectivity index (χ3v) is 5.69. The van der Waals surface area contributed by atoms with Gasteiger partial charge in [-0.2, -0.15) is 0 Å². The molecule has 1 aromatic heterocycles. The number of benzene rings is 2. The smallest absolute Gasteiger partial charge is 0.111 e. The predicted molar refractivity (Wildman–Crippen MR) is 94.6 cm³/mol. The summed E-state index contributed by atoms with van der Waals surface area (Å²) in [4.78, 5) is 7.20. The highest BCUT2D eigenvalue weighted by Crippen LogP contribution is 2.37. The molecule has 1 aliphatic heterocycles. The molecule has 1 fully saturated rings. The number of thiazole rings is 1. The monoisotopic (exact) mass is 324 g/mol. The zero-order valence-electron chi connectivity index (χ0n) is 12.9. The van der Waals surface area contributed by atoms with Gasteiger partial charge in [0.1, 0.15) is 5.01 Å². The van der Waals surface area contributed by atoms with E-state index in [1.807, 2.05) is 36.4 Å². The second kappa shape index (κ2) is 6.40. The van der Waals surface area contributed by atoms with Gasteiger partial charge in [0, 0.05) is 6.54 Å². The number of fused-ring (bicyclic) bond motifs is 1. The summed E-state index contributed by atoms with van der Waals surface area (Å²) in [6, 6.07) is 18.6. The van der Waals surface area contributed by atoms with Crippen LogP contribution in [0.5, 0.6) is 0 Å². The molecule has 1 aliphatic rings. The second-order valence-corrected chi connectivity index (χ2v) is 7.16. The maximum Gasteiger partial charge on any atom is 0.111 e. The van der Waals surface area contributed by atoms with E-state index < -0.39 is 6.10 Å². The number of aliphatic hydroxyl groups excluding tert-OH is 1. The van der Waals surface area contributed by atoms with Crippen LogP contribution in [0.15, 0.2) is 54.6 Å². The summed E-state index contributed by atoms with van der Waals surface area (Å²) in [6.45, 7) is 1.70.